The van der Waals surface area contributed by atoms with E-state index >= 15 is 0 Å². The molecule has 0 atom stereocenters. The van der Waals surface area contributed by atoms with Crippen molar-refractivity contribution in [2.24, 2.45) is 0 Å². The van der Waals surface area contributed by atoms with Gasteiger partial charge in [-0.15, -0.1) is 0 Å². The fourth-order valence-corrected chi connectivity index (χ4v) is 5.11. The van der Waals surface area contributed by atoms with Gasteiger partial charge in [-0.3, -0.25) is 23.8 Å². The summed E-state index contributed by atoms with van der Waals surface area (Å²) in [5.41, 5.74) is -0.763. The Balaban J connectivity index is 0.00000481. The Morgan fingerprint density at radius 2 is 1.38 bits per heavy atom. The summed E-state index contributed by atoms with van der Waals surface area (Å²) in [5.74, 6) is 0. The molecule has 0 aromatic heterocycles. The van der Waals surface area contributed by atoms with Crippen LogP contribution in [0.2, 0.25) is 0 Å². The zero-order valence-electron chi connectivity index (χ0n) is 17.7. The van der Waals surface area contributed by atoms with E-state index < -0.39 is 72.5 Å². The number of nitro benzene ring substituents is 1. The number of fused-ring (bicyclic) bond motifs is 1. The third kappa shape index (κ3) is 7.00. The molecule has 2 amide bonds. The number of carbonyl (C=O) groups is 1. The Labute approximate surface area is 231 Å². The van der Waals surface area contributed by atoms with Crippen LogP contribution in [-0.4, -0.2) is 79.4 Å². The molecule has 19 heteroatoms. The molecule has 5 N–H and O–H groups in total. The number of hydrogen-bond acceptors (Lipinski definition) is 9. The normalized spacial score (nSPS) is 12.0. The Kier molecular flexibility index (Phi) is 8.74. The van der Waals surface area contributed by atoms with Crippen molar-refractivity contribution in [3.8, 4) is 0 Å². The van der Waals surface area contributed by atoms with Crippen molar-refractivity contribution >= 4 is 93.8 Å². The third-order valence-electron chi connectivity index (χ3n) is 4.75. The fourth-order valence-electron chi connectivity index (χ4n) is 3.19. The standard InChI is InChI=1S/C18H15N3O12S3.Na.H/c1-9-2-3-11(6-15(9)21(23)24)19-18(22)20-14-7-12(34(25,26)27)4-10-5-13(35(28,29)30)8-16(17(10)14)36(31,32)33;;/h2-8H,1H3,(H2,19,20,22)(H,25,26,27)(H,28,29,30)(H,31,32,33);;. The molecule has 3 rings (SSSR count). The molecular formula is C18H16N3NaO12S3. The van der Waals surface area contributed by atoms with E-state index in [0.717, 1.165) is 6.07 Å². The average molecular weight is 586 g/mol. The number of benzene rings is 3. The van der Waals surface area contributed by atoms with Gasteiger partial charge in [0, 0.05) is 22.7 Å². The SMILES string of the molecule is Cc1ccc(NC(=O)Nc2cc(S(=O)(=O)O)cc3cc(S(=O)(=O)O)cc(S(=O)(=O)O)c23)cc1[N+](=O)[O-].[NaH]. The van der Waals surface area contributed by atoms with Gasteiger partial charge in [-0.2, -0.15) is 25.3 Å². The quantitative estimate of drug-likeness (QED) is 0.120. The van der Waals surface area contributed by atoms with E-state index in [1.165, 1.54) is 19.1 Å². The van der Waals surface area contributed by atoms with E-state index in [4.69, 9.17) is 0 Å². The van der Waals surface area contributed by atoms with Gasteiger partial charge in [0.15, 0.2) is 0 Å². The molecule has 0 aliphatic carbocycles. The Bertz CT molecular complexity index is 1770. The van der Waals surface area contributed by atoms with Crippen molar-refractivity contribution in [2.45, 2.75) is 21.6 Å². The molecule has 0 heterocycles. The van der Waals surface area contributed by atoms with Crippen LogP contribution >= 0.6 is 0 Å². The van der Waals surface area contributed by atoms with Crippen molar-refractivity contribution in [2.75, 3.05) is 10.6 Å². The minimum absolute atomic E-state index is 0. The summed E-state index contributed by atoms with van der Waals surface area (Å²) in [5, 5.41) is 14.3. The van der Waals surface area contributed by atoms with Gasteiger partial charge in [0.25, 0.3) is 36.0 Å². The van der Waals surface area contributed by atoms with Crippen LogP contribution in [0.1, 0.15) is 5.56 Å². The molecule has 0 saturated heterocycles. The van der Waals surface area contributed by atoms with Gasteiger partial charge in [0.1, 0.15) is 4.90 Å². The zero-order chi connectivity index (χ0) is 27.2. The number of rotatable bonds is 6. The molecular weight excluding hydrogens is 569 g/mol. The van der Waals surface area contributed by atoms with Crippen LogP contribution in [-0.2, 0) is 30.4 Å². The Hall–Kier alpha value is -2.68. The van der Waals surface area contributed by atoms with Crippen molar-refractivity contribution in [1.29, 1.82) is 0 Å². The number of nitrogens with one attached hydrogen (secondary N) is 2. The first-order valence-corrected chi connectivity index (χ1v) is 13.6. The number of carbonyl (C=O) groups excluding carboxylic acids is 1. The summed E-state index contributed by atoms with van der Waals surface area (Å²) in [6.07, 6.45) is 0. The summed E-state index contributed by atoms with van der Waals surface area (Å²) in [6.45, 7) is 1.45. The van der Waals surface area contributed by atoms with Crippen LogP contribution in [0.25, 0.3) is 10.8 Å². The first kappa shape index (κ1) is 30.5. The van der Waals surface area contributed by atoms with Gasteiger partial charge < -0.3 is 10.6 Å². The molecule has 0 bridgehead atoms. The molecule has 3 aromatic carbocycles. The van der Waals surface area contributed by atoms with Gasteiger partial charge in [-0.25, -0.2) is 4.79 Å². The number of nitrogens with zero attached hydrogens (tertiary/aromatic N) is 1. The molecule has 3 aromatic rings. The molecule has 0 fully saturated rings. The number of aryl methyl sites for hydroxylation is 1. The molecule has 0 aliphatic heterocycles. The Morgan fingerprint density at radius 3 is 1.86 bits per heavy atom. The fraction of sp³-hybridized carbons (Fsp3) is 0.0556. The maximum atomic E-state index is 12.6. The van der Waals surface area contributed by atoms with Crippen LogP contribution in [0.5, 0.6) is 0 Å². The predicted molar refractivity (Wildman–Crippen MR) is 131 cm³/mol. The van der Waals surface area contributed by atoms with E-state index in [-0.39, 0.29) is 46.5 Å². The number of amides is 2. The number of hydrogen-bond donors (Lipinski definition) is 5. The topological polar surface area (TPSA) is 247 Å². The molecule has 0 aliphatic rings. The molecule has 15 nitrogen and oxygen atoms in total. The third-order valence-corrected chi connectivity index (χ3v) is 7.29. The van der Waals surface area contributed by atoms with Crippen LogP contribution in [0.4, 0.5) is 21.9 Å². The molecule has 194 valence electrons. The van der Waals surface area contributed by atoms with E-state index in [1.807, 2.05) is 0 Å². The Morgan fingerprint density at radius 1 is 0.838 bits per heavy atom. The van der Waals surface area contributed by atoms with Crippen molar-refractivity contribution < 1.29 is 48.6 Å². The van der Waals surface area contributed by atoms with Crippen LogP contribution in [0.15, 0.2) is 57.2 Å². The van der Waals surface area contributed by atoms with E-state index in [0.29, 0.717) is 24.3 Å². The van der Waals surface area contributed by atoms with Crippen molar-refractivity contribution in [3.63, 3.8) is 0 Å². The molecule has 0 saturated carbocycles. The van der Waals surface area contributed by atoms with E-state index in [2.05, 4.69) is 10.6 Å². The summed E-state index contributed by atoms with van der Waals surface area (Å²) >= 11 is 0. The second-order valence-electron chi connectivity index (χ2n) is 7.25. The second kappa shape index (κ2) is 10.6. The van der Waals surface area contributed by atoms with Gasteiger partial charge >= 0.3 is 35.6 Å². The molecule has 37 heavy (non-hydrogen) atoms. The van der Waals surface area contributed by atoms with Crippen LogP contribution in [0.3, 0.4) is 0 Å². The first-order chi connectivity index (χ1) is 16.4. The van der Waals surface area contributed by atoms with Crippen molar-refractivity contribution in [3.05, 3.63) is 58.1 Å². The molecule has 0 radical (unpaired) electrons. The van der Waals surface area contributed by atoms with Crippen molar-refractivity contribution in [1.82, 2.24) is 0 Å². The van der Waals surface area contributed by atoms with Gasteiger partial charge in [-0.1, -0.05) is 6.07 Å². The van der Waals surface area contributed by atoms with Gasteiger partial charge in [0.05, 0.1) is 20.4 Å². The van der Waals surface area contributed by atoms with Gasteiger partial charge in [-0.05, 0) is 42.6 Å². The zero-order valence-corrected chi connectivity index (χ0v) is 20.2. The first-order valence-electron chi connectivity index (χ1n) is 9.25. The monoisotopic (exact) mass is 585 g/mol. The summed E-state index contributed by atoms with van der Waals surface area (Å²) in [7, 11) is -15.3. The average Bonchev–Trinajstić information content (AvgIpc) is 2.71. The second-order valence-corrected chi connectivity index (χ2v) is 11.5. The van der Waals surface area contributed by atoms with Crippen LogP contribution < -0.4 is 10.6 Å². The summed E-state index contributed by atoms with van der Waals surface area (Å²) in [4.78, 5) is 19.9. The molecule has 0 unspecified atom stereocenters. The summed E-state index contributed by atoms with van der Waals surface area (Å²) < 4.78 is 99.0. The van der Waals surface area contributed by atoms with Crippen LogP contribution in [0, 0.1) is 17.0 Å². The number of anilines is 2. The minimum atomic E-state index is -5.23. The van der Waals surface area contributed by atoms with Gasteiger partial charge in [0.2, 0.25) is 0 Å². The maximum absolute atomic E-state index is 12.6. The summed E-state index contributed by atoms with van der Waals surface area (Å²) in [6, 6.07) is 4.75. The number of urea groups is 1. The van der Waals surface area contributed by atoms with E-state index in [1.54, 1.807) is 0 Å². The molecule has 0 spiro atoms. The van der Waals surface area contributed by atoms with E-state index in [9.17, 15) is 53.8 Å². The predicted octanol–water partition coefficient (Wildman–Crippen LogP) is 1.79. The number of nitro groups is 1.